The lowest BCUT2D eigenvalue weighted by atomic mass is 9.97. The van der Waals surface area contributed by atoms with Gasteiger partial charge >= 0.3 is 0 Å². The predicted molar refractivity (Wildman–Crippen MR) is 95.1 cm³/mol. The highest BCUT2D eigenvalue weighted by atomic mass is 19.2. The number of piperidine rings is 1. The van der Waals surface area contributed by atoms with E-state index in [0.717, 1.165) is 19.3 Å². The van der Waals surface area contributed by atoms with E-state index < -0.39 is 17.5 Å². The van der Waals surface area contributed by atoms with Crippen molar-refractivity contribution in [2.24, 2.45) is 0 Å². The topological polar surface area (TPSA) is 50.8 Å². The third-order valence-electron chi connectivity index (χ3n) is 5.16. The van der Waals surface area contributed by atoms with Crippen LogP contribution in [0.25, 0.3) is 16.7 Å². The molecule has 1 saturated heterocycles. The van der Waals surface area contributed by atoms with Gasteiger partial charge in [-0.3, -0.25) is 0 Å². The van der Waals surface area contributed by atoms with Crippen molar-refractivity contribution in [2.75, 3.05) is 18.0 Å². The average Bonchev–Trinajstić information content (AvgIpc) is 3.04. The van der Waals surface area contributed by atoms with Gasteiger partial charge in [0, 0.05) is 29.8 Å². The predicted octanol–water partition coefficient (Wildman–Crippen LogP) is 4.92. The minimum absolute atomic E-state index is 0.0499. The second kappa shape index (κ2) is 6.48. The van der Waals surface area contributed by atoms with Crippen molar-refractivity contribution >= 4 is 11.3 Å². The van der Waals surface area contributed by atoms with E-state index in [1.54, 1.807) is 36.4 Å². The smallest absolute Gasteiger partial charge is 0.185 e. The first-order chi connectivity index (χ1) is 13.1. The van der Waals surface area contributed by atoms with Crippen molar-refractivity contribution in [3.8, 4) is 23.3 Å². The van der Waals surface area contributed by atoms with Crippen molar-refractivity contribution in [1.82, 2.24) is 0 Å². The molecule has 0 atom stereocenters. The molecule has 1 aliphatic heterocycles. The minimum Gasteiger partial charge on any atom is -0.367 e. The molecule has 1 heterocycles. The van der Waals surface area contributed by atoms with Crippen LogP contribution in [0.5, 0.6) is 0 Å². The van der Waals surface area contributed by atoms with Crippen LogP contribution in [0.15, 0.2) is 29.8 Å². The highest BCUT2D eigenvalue weighted by Gasteiger charge is 2.37. The van der Waals surface area contributed by atoms with Crippen LogP contribution in [0.2, 0.25) is 0 Å². The van der Waals surface area contributed by atoms with Gasteiger partial charge in [0.15, 0.2) is 17.5 Å². The van der Waals surface area contributed by atoms with E-state index in [0.29, 0.717) is 24.2 Å². The van der Waals surface area contributed by atoms with Crippen molar-refractivity contribution in [2.45, 2.75) is 19.3 Å². The fraction of sp³-hybridized carbons (Fsp3) is 0.238. The van der Waals surface area contributed by atoms with E-state index in [4.69, 9.17) is 0 Å². The van der Waals surface area contributed by atoms with Gasteiger partial charge in [-0.2, -0.15) is 10.5 Å². The number of halogens is 3. The second-order valence-electron chi connectivity index (χ2n) is 6.61. The molecule has 0 bridgehead atoms. The number of allylic oxidation sites excluding steroid dienone is 1. The maximum atomic E-state index is 15.5. The first kappa shape index (κ1) is 17.2. The Morgan fingerprint density at radius 3 is 2.07 bits per heavy atom. The molecule has 2 aromatic rings. The fourth-order valence-corrected chi connectivity index (χ4v) is 3.98. The monoisotopic (exact) mass is 365 g/mol. The van der Waals surface area contributed by atoms with Crippen LogP contribution in [0.4, 0.5) is 18.9 Å². The lowest BCUT2D eigenvalue weighted by Gasteiger charge is -2.30. The molecule has 0 N–H and O–H groups in total. The highest BCUT2D eigenvalue weighted by Crippen LogP contribution is 2.50. The fourth-order valence-electron chi connectivity index (χ4n) is 3.98. The van der Waals surface area contributed by atoms with E-state index in [-0.39, 0.29) is 28.0 Å². The molecule has 6 heteroatoms. The third kappa shape index (κ3) is 2.41. The molecular formula is C21H14F3N3. The van der Waals surface area contributed by atoms with Crippen LogP contribution in [0, 0.1) is 40.1 Å². The minimum atomic E-state index is -1.27. The molecule has 1 aliphatic carbocycles. The number of nitriles is 2. The molecule has 0 radical (unpaired) electrons. The van der Waals surface area contributed by atoms with E-state index in [1.807, 2.05) is 0 Å². The van der Waals surface area contributed by atoms with Gasteiger partial charge in [0.2, 0.25) is 0 Å². The molecule has 2 aliphatic rings. The van der Waals surface area contributed by atoms with Crippen LogP contribution in [-0.4, -0.2) is 13.1 Å². The quantitative estimate of drug-likeness (QED) is 0.454. The van der Waals surface area contributed by atoms with E-state index >= 15 is 8.78 Å². The van der Waals surface area contributed by atoms with Gasteiger partial charge in [0.05, 0.1) is 0 Å². The summed E-state index contributed by atoms with van der Waals surface area (Å²) in [7, 11) is 0. The average molecular weight is 365 g/mol. The Morgan fingerprint density at radius 2 is 1.44 bits per heavy atom. The number of anilines is 1. The molecule has 27 heavy (non-hydrogen) atoms. The maximum Gasteiger partial charge on any atom is 0.185 e. The van der Waals surface area contributed by atoms with Crippen LogP contribution < -0.4 is 4.90 Å². The van der Waals surface area contributed by atoms with E-state index in [9.17, 15) is 14.9 Å². The summed E-state index contributed by atoms with van der Waals surface area (Å²) in [5, 5.41) is 18.6. The number of benzene rings is 2. The Kier molecular flexibility index (Phi) is 4.12. The second-order valence-corrected chi connectivity index (χ2v) is 6.61. The van der Waals surface area contributed by atoms with Gasteiger partial charge in [0.1, 0.15) is 23.4 Å². The highest BCUT2D eigenvalue weighted by molar-refractivity contribution is 6.05. The zero-order valence-corrected chi connectivity index (χ0v) is 14.3. The molecule has 134 valence electrons. The summed E-state index contributed by atoms with van der Waals surface area (Å²) < 4.78 is 45.5. The number of hydrogen-bond acceptors (Lipinski definition) is 3. The lowest BCUT2D eigenvalue weighted by molar-refractivity contribution is 0.480. The van der Waals surface area contributed by atoms with Crippen molar-refractivity contribution < 1.29 is 13.2 Å². The Balaban J connectivity index is 2.10. The Labute approximate surface area is 154 Å². The van der Waals surface area contributed by atoms with Gasteiger partial charge in [0.25, 0.3) is 0 Å². The van der Waals surface area contributed by atoms with Gasteiger partial charge in [-0.25, -0.2) is 13.2 Å². The standard InChI is InChI=1S/C21H14F3N3/c22-18-17-15(12(10-25)11-26)13-6-2-3-7-14(13)16(17)19(23)21(20(18)24)27-8-4-1-5-9-27/h2-3,6-7H,1,4-5,8-9H2. The lowest BCUT2D eigenvalue weighted by Crippen LogP contribution is -2.31. The summed E-state index contributed by atoms with van der Waals surface area (Å²) in [5.74, 6) is -3.33. The van der Waals surface area contributed by atoms with Crippen LogP contribution in [0.3, 0.4) is 0 Å². The molecule has 0 saturated carbocycles. The zero-order chi connectivity index (χ0) is 19.1. The molecule has 4 rings (SSSR count). The van der Waals surface area contributed by atoms with Gasteiger partial charge < -0.3 is 4.90 Å². The number of hydrogen-bond donors (Lipinski definition) is 0. The SMILES string of the molecule is N#CC(C#N)=C1c2ccccc2-c2c(F)c(N3CCCCC3)c(F)c(F)c21. The Hall–Kier alpha value is -3.25. The maximum absolute atomic E-state index is 15.5. The Morgan fingerprint density at radius 1 is 0.815 bits per heavy atom. The summed E-state index contributed by atoms with van der Waals surface area (Å²) in [6.45, 7) is 0.913. The van der Waals surface area contributed by atoms with Crippen molar-refractivity contribution in [3.05, 3.63) is 58.4 Å². The van der Waals surface area contributed by atoms with Crippen molar-refractivity contribution in [3.63, 3.8) is 0 Å². The van der Waals surface area contributed by atoms with Crippen molar-refractivity contribution in [1.29, 1.82) is 10.5 Å². The van der Waals surface area contributed by atoms with Crippen LogP contribution in [-0.2, 0) is 0 Å². The summed E-state index contributed by atoms with van der Waals surface area (Å²) in [4.78, 5) is 1.54. The zero-order valence-electron chi connectivity index (χ0n) is 14.3. The summed E-state index contributed by atoms with van der Waals surface area (Å²) >= 11 is 0. The first-order valence-corrected chi connectivity index (χ1v) is 8.70. The molecule has 1 fully saturated rings. The third-order valence-corrected chi connectivity index (χ3v) is 5.16. The summed E-state index contributed by atoms with van der Waals surface area (Å²) in [6.07, 6.45) is 2.54. The molecule has 0 unspecified atom stereocenters. The van der Waals surface area contributed by atoms with Gasteiger partial charge in [-0.1, -0.05) is 24.3 Å². The first-order valence-electron chi connectivity index (χ1n) is 8.70. The number of rotatable bonds is 1. The molecule has 3 nitrogen and oxygen atoms in total. The van der Waals surface area contributed by atoms with E-state index in [1.165, 1.54) is 4.90 Å². The Bertz CT molecular complexity index is 1050. The van der Waals surface area contributed by atoms with Crippen LogP contribution >= 0.6 is 0 Å². The molecule has 0 spiro atoms. The summed E-state index contributed by atoms with van der Waals surface area (Å²) in [6, 6.07) is 9.91. The largest absolute Gasteiger partial charge is 0.367 e. The molecular weight excluding hydrogens is 351 g/mol. The number of nitrogens with zero attached hydrogens (tertiary/aromatic N) is 3. The van der Waals surface area contributed by atoms with E-state index in [2.05, 4.69) is 0 Å². The molecule has 0 aromatic heterocycles. The number of fused-ring (bicyclic) bond motifs is 3. The normalized spacial score (nSPS) is 15.0. The van der Waals surface area contributed by atoms with Crippen LogP contribution in [0.1, 0.15) is 30.4 Å². The summed E-state index contributed by atoms with van der Waals surface area (Å²) in [5.41, 5.74) is -0.486. The molecule has 2 aromatic carbocycles. The van der Waals surface area contributed by atoms with Gasteiger partial charge in [-0.05, 0) is 30.4 Å². The molecule has 0 amide bonds. The van der Waals surface area contributed by atoms with Gasteiger partial charge in [-0.15, -0.1) is 0 Å².